The van der Waals surface area contributed by atoms with Crippen molar-refractivity contribution < 1.29 is 4.79 Å². The minimum absolute atomic E-state index is 0.0774. The molecule has 5 heteroatoms. The van der Waals surface area contributed by atoms with Crippen molar-refractivity contribution in [3.05, 3.63) is 59.0 Å². The Bertz CT molecular complexity index is 1290. The van der Waals surface area contributed by atoms with Crippen molar-refractivity contribution in [3.8, 4) is 10.4 Å². The largest absolute Gasteiger partial charge is 0.356 e. The van der Waals surface area contributed by atoms with E-state index in [1.807, 2.05) is 11.3 Å². The molecule has 0 aliphatic rings. The summed E-state index contributed by atoms with van der Waals surface area (Å²) >= 11 is 1.83. The first-order valence-electron chi connectivity index (χ1n) is 13.6. The molecule has 2 heterocycles. The van der Waals surface area contributed by atoms with E-state index in [0.29, 0.717) is 0 Å². The molecule has 4 rings (SSSR count). The number of hydrogen-bond acceptors (Lipinski definition) is 3. The molecule has 36 heavy (non-hydrogen) atoms. The highest BCUT2D eigenvalue weighted by Gasteiger charge is 2.12. The summed E-state index contributed by atoms with van der Waals surface area (Å²) in [5, 5.41) is 11.5. The van der Waals surface area contributed by atoms with E-state index in [0.717, 1.165) is 32.6 Å². The maximum absolute atomic E-state index is 10.9. The van der Waals surface area contributed by atoms with Gasteiger partial charge in [0, 0.05) is 53.2 Å². The second-order valence-electron chi connectivity index (χ2n) is 9.95. The predicted octanol–water partition coefficient (Wildman–Crippen LogP) is 7.81. The third-order valence-electron chi connectivity index (χ3n) is 7.00. The standard InChI is InChI=1S/C31H41N3OS/c1-4-34-29-15-12-25(21-32-16-10-8-6-5-7-9-11-17-33-24(3)35)19-28(29)27-14-13-26(20-30(27)34)31-18-23(2)22-36-31/h12-15,18-20,22,32H,4-11,16-17,21H2,1-3H3,(H,33,35). The third-order valence-corrected chi connectivity index (χ3v) is 8.09. The number of amides is 1. The molecule has 192 valence electrons. The van der Waals surface area contributed by atoms with Gasteiger partial charge >= 0.3 is 0 Å². The monoisotopic (exact) mass is 503 g/mol. The number of fused-ring (bicyclic) bond motifs is 3. The zero-order chi connectivity index (χ0) is 25.3. The molecule has 0 atom stereocenters. The van der Waals surface area contributed by atoms with Gasteiger partial charge in [0.25, 0.3) is 0 Å². The minimum atomic E-state index is 0.0774. The lowest BCUT2D eigenvalue weighted by Gasteiger charge is -2.07. The Balaban J connectivity index is 1.27. The van der Waals surface area contributed by atoms with Crippen LogP contribution in [0.1, 0.15) is 69.9 Å². The fraction of sp³-hybridized carbons (Fsp3) is 0.452. The average molecular weight is 504 g/mol. The highest BCUT2D eigenvalue weighted by Crippen LogP contribution is 2.35. The number of nitrogens with zero attached hydrogens (tertiary/aromatic N) is 1. The smallest absolute Gasteiger partial charge is 0.216 e. The van der Waals surface area contributed by atoms with Crippen LogP contribution in [0.25, 0.3) is 32.2 Å². The van der Waals surface area contributed by atoms with Crippen LogP contribution < -0.4 is 10.6 Å². The van der Waals surface area contributed by atoms with E-state index < -0.39 is 0 Å². The van der Waals surface area contributed by atoms with Gasteiger partial charge in [-0.3, -0.25) is 4.79 Å². The van der Waals surface area contributed by atoms with Crippen LogP contribution in [-0.2, 0) is 17.9 Å². The zero-order valence-electron chi connectivity index (χ0n) is 22.2. The molecule has 4 nitrogen and oxygen atoms in total. The summed E-state index contributed by atoms with van der Waals surface area (Å²) in [5.74, 6) is 0.0774. The van der Waals surface area contributed by atoms with Gasteiger partial charge in [-0.2, -0.15) is 0 Å². The highest BCUT2D eigenvalue weighted by molar-refractivity contribution is 7.13. The van der Waals surface area contributed by atoms with Crippen molar-refractivity contribution in [1.29, 1.82) is 0 Å². The van der Waals surface area contributed by atoms with Gasteiger partial charge in [-0.25, -0.2) is 0 Å². The number of carbonyl (C=O) groups is 1. The lowest BCUT2D eigenvalue weighted by Crippen LogP contribution is -2.20. The molecule has 0 saturated heterocycles. The molecular formula is C31H41N3OS. The van der Waals surface area contributed by atoms with Crippen LogP contribution in [0.15, 0.2) is 47.8 Å². The van der Waals surface area contributed by atoms with Crippen LogP contribution in [0.5, 0.6) is 0 Å². The second kappa shape index (κ2) is 13.1. The highest BCUT2D eigenvalue weighted by atomic mass is 32.1. The normalized spacial score (nSPS) is 11.5. The molecule has 2 N–H and O–H groups in total. The van der Waals surface area contributed by atoms with Crippen LogP contribution in [0.3, 0.4) is 0 Å². The Kier molecular flexibility index (Phi) is 9.60. The molecule has 0 aliphatic carbocycles. The van der Waals surface area contributed by atoms with Gasteiger partial charge in [-0.05, 0) is 79.6 Å². The fourth-order valence-electron chi connectivity index (χ4n) is 5.09. The van der Waals surface area contributed by atoms with Crippen molar-refractivity contribution in [3.63, 3.8) is 0 Å². The maximum Gasteiger partial charge on any atom is 0.216 e. The third kappa shape index (κ3) is 6.77. The summed E-state index contributed by atoms with van der Waals surface area (Å²) in [7, 11) is 0. The Morgan fingerprint density at radius 3 is 2.31 bits per heavy atom. The minimum Gasteiger partial charge on any atom is -0.356 e. The van der Waals surface area contributed by atoms with E-state index in [9.17, 15) is 4.79 Å². The average Bonchev–Trinajstić information content (AvgIpc) is 3.44. The van der Waals surface area contributed by atoms with Crippen LogP contribution in [0.4, 0.5) is 0 Å². The number of carbonyl (C=O) groups excluding carboxylic acids is 1. The summed E-state index contributed by atoms with van der Waals surface area (Å²) in [6.45, 7) is 9.77. The van der Waals surface area contributed by atoms with Crippen LogP contribution in [0.2, 0.25) is 0 Å². The summed E-state index contributed by atoms with van der Waals surface area (Å²) in [6, 6.07) is 16.2. The molecule has 0 spiro atoms. The maximum atomic E-state index is 10.9. The number of rotatable bonds is 14. The van der Waals surface area contributed by atoms with Crippen molar-refractivity contribution in [1.82, 2.24) is 15.2 Å². The molecule has 0 aliphatic heterocycles. The first-order valence-corrected chi connectivity index (χ1v) is 14.5. The van der Waals surface area contributed by atoms with Crippen LogP contribution in [-0.4, -0.2) is 23.6 Å². The number of benzene rings is 2. The molecule has 0 fully saturated rings. The van der Waals surface area contributed by atoms with E-state index >= 15 is 0 Å². The number of nitrogens with one attached hydrogen (secondary N) is 2. The SMILES string of the molecule is CCn1c2ccc(CNCCCCCCCCCNC(C)=O)cc2c2ccc(-c3cc(C)cs3)cc21. The van der Waals surface area contributed by atoms with Crippen molar-refractivity contribution in [2.24, 2.45) is 0 Å². The Hall–Kier alpha value is -2.63. The lowest BCUT2D eigenvalue weighted by molar-refractivity contribution is -0.118. The van der Waals surface area contributed by atoms with Gasteiger partial charge in [0.05, 0.1) is 0 Å². The van der Waals surface area contributed by atoms with Gasteiger partial charge in [0.1, 0.15) is 0 Å². The fourth-order valence-corrected chi connectivity index (χ4v) is 5.99. The number of unbranched alkanes of at least 4 members (excludes halogenated alkanes) is 6. The molecule has 0 bridgehead atoms. The van der Waals surface area contributed by atoms with E-state index in [-0.39, 0.29) is 5.91 Å². The van der Waals surface area contributed by atoms with Gasteiger partial charge < -0.3 is 15.2 Å². The molecule has 2 aromatic heterocycles. The predicted molar refractivity (Wildman–Crippen MR) is 156 cm³/mol. The van der Waals surface area contributed by atoms with Gasteiger partial charge in [0.2, 0.25) is 5.91 Å². The number of aromatic nitrogens is 1. The van der Waals surface area contributed by atoms with E-state index in [1.54, 1.807) is 6.92 Å². The lowest BCUT2D eigenvalue weighted by atomic mass is 10.1. The summed E-state index contributed by atoms with van der Waals surface area (Å²) in [6.07, 6.45) is 8.70. The van der Waals surface area contributed by atoms with Crippen molar-refractivity contribution in [2.75, 3.05) is 13.1 Å². The molecule has 1 amide bonds. The van der Waals surface area contributed by atoms with E-state index in [2.05, 4.69) is 76.9 Å². The Labute approximate surface area is 220 Å². The Morgan fingerprint density at radius 1 is 0.861 bits per heavy atom. The topological polar surface area (TPSA) is 46.1 Å². The molecule has 0 radical (unpaired) electrons. The number of thiophene rings is 1. The van der Waals surface area contributed by atoms with Gasteiger partial charge in [-0.15, -0.1) is 11.3 Å². The summed E-state index contributed by atoms with van der Waals surface area (Å²) in [5.41, 5.74) is 6.65. The quantitative estimate of drug-likeness (QED) is 0.172. The van der Waals surface area contributed by atoms with E-state index in [4.69, 9.17) is 0 Å². The van der Waals surface area contributed by atoms with Crippen molar-refractivity contribution in [2.45, 2.75) is 78.8 Å². The summed E-state index contributed by atoms with van der Waals surface area (Å²) < 4.78 is 2.45. The Morgan fingerprint density at radius 2 is 1.61 bits per heavy atom. The van der Waals surface area contributed by atoms with Gasteiger partial charge in [0.15, 0.2) is 0 Å². The first kappa shape index (κ1) is 26.4. The van der Waals surface area contributed by atoms with Gasteiger partial charge in [-0.1, -0.05) is 50.3 Å². The molecule has 4 aromatic rings. The summed E-state index contributed by atoms with van der Waals surface area (Å²) in [4.78, 5) is 12.2. The zero-order valence-corrected chi connectivity index (χ0v) is 23.0. The molecule has 0 saturated carbocycles. The van der Waals surface area contributed by atoms with Crippen LogP contribution in [0, 0.1) is 6.92 Å². The molecular weight excluding hydrogens is 462 g/mol. The van der Waals surface area contributed by atoms with E-state index in [1.165, 1.54) is 81.9 Å². The molecule has 2 aromatic carbocycles. The first-order chi connectivity index (χ1) is 17.6. The second-order valence-corrected chi connectivity index (χ2v) is 10.9. The van der Waals surface area contributed by atoms with Crippen LogP contribution >= 0.6 is 11.3 Å². The molecule has 0 unspecified atom stereocenters. The number of aryl methyl sites for hydroxylation is 2. The van der Waals surface area contributed by atoms with Crippen molar-refractivity contribution >= 4 is 39.0 Å². The number of hydrogen-bond donors (Lipinski definition) is 2.